The van der Waals surface area contributed by atoms with Crippen LogP contribution in [0.1, 0.15) is 6.42 Å². The number of ether oxygens (including phenoxy) is 1. The van der Waals surface area contributed by atoms with Crippen LogP contribution in [0.25, 0.3) is 0 Å². The molecule has 1 heterocycles. The Balaban J connectivity index is 2.35. The number of rotatable bonds is 2. The monoisotopic (exact) mass is 239 g/mol. The number of aromatic hydroxyl groups is 1. The highest BCUT2D eigenvalue weighted by molar-refractivity contribution is 7.81. The number of hydrogen-bond acceptors (Lipinski definition) is 4. The van der Waals surface area contributed by atoms with E-state index < -0.39 is 0 Å². The Bertz CT molecular complexity index is 422. The molecule has 0 aromatic heterocycles. The van der Waals surface area contributed by atoms with Gasteiger partial charge in [-0.25, -0.2) is 0 Å². The van der Waals surface area contributed by atoms with E-state index in [0.29, 0.717) is 24.4 Å². The molecule has 1 fully saturated rings. The van der Waals surface area contributed by atoms with Crippen LogP contribution in [0.15, 0.2) is 18.2 Å². The van der Waals surface area contributed by atoms with Crippen molar-refractivity contribution < 1.29 is 14.6 Å². The second-order valence-electron chi connectivity index (χ2n) is 3.72. The Kier molecular flexibility index (Phi) is 2.96. The Morgan fingerprint density at radius 3 is 2.88 bits per heavy atom. The lowest BCUT2D eigenvalue weighted by atomic mass is 10.2. The van der Waals surface area contributed by atoms with Gasteiger partial charge in [-0.3, -0.25) is 4.79 Å². The summed E-state index contributed by atoms with van der Waals surface area (Å²) in [7, 11) is 1.55. The zero-order valence-electron chi connectivity index (χ0n) is 8.88. The van der Waals surface area contributed by atoms with Crippen molar-refractivity contribution in [1.82, 2.24) is 0 Å². The van der Waals surface area contributed by atoms with Crippen molar-refractivity contribution in [3.8, 4) is 11.5 Å². The standard InChI is InChI=1S/C11H13NO3S/c1-15-7-2-3-10(13)9(4-7)12-6-8(16)5-11(12)14/h2-4,8,13,16H,5-6H2,1H3. The Morgan fingerprint density at radius 2 is 2.31 bits per heavy atom. The molecular formula is C11H13NO3S. The number of hydrogen-bond donors (Lipinski definition) is 2. The zero-order valence-corrected chi connectivity index (χ0v) is 9.78. The number of carbonyl (C=O) groups excluding carboxylic acids is 1. The highest BCUT2D eigenvalue weighted by atomic mass is 32.1. The molecule has 4 nitrogen and oxygen atoms in total. The zero-order chi connectivity index (χ0) is 11.7. The lowest BCUT2D eigenvalue weighted by molar-refractivity contribution is -0.117. The molecule has 1 unspecified atom stereocenters. The molecule has 1 atom stereocenters. The lowest BCUT2D eigenvalue weighted by Gasteiger charge is -2.18. The first-order valence-electron chi connectivity index (χ1n) is 4.97. The van der Waals surface area contributed by atoms with Gasteiger partial charge in [-0.2, -0.15) is 12.6 Å². The largest absolute Gasteiger partial charge is 0.506 e. The lowest BCUT2D eigenvalue weighted by Crippen LogP contribution is -2.24. The van der Waals surface area contributed by atoms with Gasteiger partial charge in [0.1, 0.15) is 11.5 Å². The van der Waals surface area contributed by atoms with E-state index in [1.807, 2.05) is 0 Å². The summed E-state index contributed by atoms with van der Waals surface area (Å²) in [5, 5.41) is 9.75. The van der Waals surface area contributed by atoms with Crippen molar-refractivity contribution in [2.24, 2.45) is 0 Å². The minimum absolute atomic E-state index is 0.0245. The van der Waals surface area contributed by atoms with Crippen molar-refractivity contribution in [1.29, 1.82) is 0 Å². The van der Waals surface area contributed by atoms with Crippen LogP contribution in [-0.4, -0.2) is 29.9 Å². The van der Waals surface area contributed by atoms with Gasteiger partial charge in [-0.1, -0.05) is 0 Å². The third kappa shape index (κ3) is 1.95. The first kappa shape index (κ1) is 11.1. The number of phenolic OH excluding ortho intramolecular Hbond substituents is 1. The summed E-state index contributed by atoms with van der Waals surface area (Å²) in [5.41, 5.74) is 0.487. The predicted molar refractivity (Wildman–Crippen MR) is 64.4 cm³/mol. The van der Waals surface area contributed by atoms with Crippen LogP contribution >= 0.6 is 12.6 Å². The van der Waals surface area contributed by atoms with Gasteiger partial charge in [0.05, 0.1) is 12.8 Å². The second kappa shape index (κ2) is 4.25. The molecule has 16 heavy (non-hydrogen) atoms. The van der Waals surface area contributed by atoms with Gasteiger partial charge in [-0.15, -0.1) is 0 Å². The average Bonchev–Trinajstić information content (AvgIpc) is 2.58. The topological polar surface area (TPSA) is 49.8 Å². The molecule has 0 bridgehead atoms. The van der Waals surface area contributed by atoms with Crippen molar-refractivity contribution >= 4 is 24.2 Å². The summed E-state index contributed by atoms with van der Waals surface area (Å²) in [4.78, 5) is 13.2. The fourth-order valence-corrected chi connectivity index (χ4v) is 2.09. The molecule has 1 aromatic rings. The van der Waals surface area contributed by atoms with Crippen molar-refractivity contribution in [3.63, 3.8) is 0 Å². The third-order valence-electron chi connectivity index (χ3n) is 2.58. The van der Waals surface area contributed by atoms with E-state index in [-0.39, 0.29) is 16.9 Å². The van der Waals surface area contributed by atoms with E-state index in [0.717, 1.165) is 0 Å². The molecule has 0 radical (unpaired) electrons. The molecule has 86 valence electrons. The number of benzene rings is 1. The third-order valence-corrected chi connectivity index (χ3v) is 2.92. The molecule has 1 aliphatic rings. The molecule has 0 spiro atoms. The molecular weight excluding hydrogens is 226 g/mol. The van der Waals surface area contributed by atoms with Crippen molar-refractivity contribution in [2.75, 3.05) is 18.6 Å². The Hall–Kier alpha value is -1.36. The number of thiol groups is 1. The minimum atomic E-state index is -0.0245. The SMILES string of the molecule is COc1ccc(O)c(N2CC(S)CC2=O)c1. The average molecular weight is 239 g/mol. The van der Waals surface area contributed by atoms with Gasteiger partial charge in [0.2, 0.25) is 5.91 Å². The maximum Gasteiger partial charge on any atom is 0.228 e. The summed E-state index contributed by atoms with van der Waals surface area (Å²) in [5.74, 6) is 0.670. The van der Waals surface area contributed by atoms with Gasteiger partial charge < -0.3 is 14.7 Å². The fourth-order valence-electron chi connectivity index (χ4n) is 1.77. The van der Waals surface area contributed by atoms with Crippen LogP contribution in [-0.2, 0) is 4.79 Å². The summed E-state index contributed by atoms with van der Waals surface area (Å²) < 4.78 is 5.06. The van der Waals surface area contributed by atoms with Crippen LogP contribution < -0.4 is 9.64 Å². The fraction of sp³-hybridized carbons (Fsp3) is 0.364. The van der Waals surface area contributed by atoms with Crippen LogP contribution in [0.3, 0.4) is 0 Å². The molecule has 0 aliphatic carbocycles. The van der Waals surface area contributed by atoms with Gasteiger partial charge in [0.25, 0.3) is 0 Å². The molecule has 1 amide bonds. The highest BCUT2D eigenvalue weighted by Gasteiger charge is 2.30. The number of nitrogens with zero attached hydrogens (tertiary/aromatic N) is 1. The minimum Gasteiger partial charge on any atom is -0.506 e. The number of carbonyl (C=O) groups is 1. The van der Waals surface area contributed by atoms with Gasteiger partial charge >= 0.3 is 0 Å². The summed E-state index contributed by atoms with van der Waals surface area (Å²) in [6, 6.07) is 4.82. The van der Waals surface area contributed by atoms with E-state index in [1.54, 1.807) is 19.2 Å². The first-order chi connectivity index (χ1) is 7.61. The van der Waals surface area contributed by atoms with Gasteiger partial charge in [0.15, 0.2) is 0 Å². The van der Waals surface area contributed by atoms with Crippen LogP contribution in [0, 0.1) is 0 Å². The number of phenols is 1. The number of methoxy groups -OCH3 is 1. The van der Waals surface area contributed by atoms with Gasteiger partial charge in [0, 0.05) is 24.3 Å². The molecule has 0 saturated carbocycles. The maximum absolute atomic E-state index is 11.7. The van der Waals surface area contributed by atoms with E-state index >= 15 is 0 Å². The van der Waals surface area contributed by atoms with E-state index in [2.05, 4.69) is 12.6 Å². The Labute approximate surface area is 99.2 Å². The molecule has 1 aromatic carbocycles. The number of amides is 1. The molecule has 1 aliphatic heterocycles. The first-order valence-corrected chi connectivity index (χ1v) is 5.49. The van der Waals surface area contributed by atoms with Crippen molar-refractivity contribution in [2.45, 2.75) is 11.7 Å². The van der Waals surface area contributed by atoms with E-state index in [4.69, 9.17) is 4.74 Å². The van der Waals surface area contributed by atoms with Crippen molar-refractivity contribution in [3.05, 3.63) is 18.2 Å². The van der Waals surface area contributed by atoms with Crippen LogP contribution in [0.5, 0.6) is 11.5 Å². The number of anilines is 1. The normalized spacial score (nSPS) is 20.2. The smallest absolute Gasteiger partial charge is 0.228 e. The maximum atomic E-state index is 11.7. The molecule has 1 N–H and O–H groups in total. The van der Waals surface area contributed by atoms with Crippen LogP contribution in [0.4, 0.5) is 5.69 Å². The summed E-state index contributed by atoms with van der Waals surface area (Å²) in [6.45, 7) is 0.517. The highest BCUT2D eigenvalue weighted by Crippen LogP contribution is 2.34. The summed E-state index contributed by atoms with van der Waals surface area (Å²) >= 11 is 4.27. The van der Waals surface area contributed by atoms with E-state index in [9.17, 15) is 9.90 Å². The van der Waals surface area contributed by atoms with Gasteiger partial charge in [-0.05, 0) is 12.1 Å². The van der Waals surface area contributed by atoms with E-state index in [1.165, 1.54) is 11.0 Å². The molecule has 2 rings (SSSR count). The molecule has 5 heteroatoms. The quantitative estimate of drug-likeness (QED) is 0.768. The van der Waals surface area contributed by atoms with Crippen LogP contribution in [0.2, 0.25) is 0 Å². The Morgan fingerprint density at radius 1 is 1.56 bits per heavy atom. The summed E-state index contributed by atoms with van der Waals surface area (Å²) in [6.07, 6.45) is 0.403. The predicted octanol–water partition coefficient (Wildman–Crippen LogP) is 1.44. The molecule has 1 saturated heterocycles. The second-order valence-corrected chi connectivity index (χ2v) is 4.45.